The number of carbonyl (C=O) groups excluding carboxylic acids is 1. The van der Waals surface area contributed by atoms with Crippen molar-refractivity contribution in [3.8, 4) is 0 Å². The fraction of sp³-hybridized carbons (Fsp3) is 0.500. The van der Waals surface area contributed by atoms with Crippen LogP contribution in [0.5, 0.6) is 0 Å². The highest BCUT2D eigenvalue weighted by Crippen LogP contribution is 2.30. The van der Waals surface area contributed by atoms with Crippen molar-refractivity contribution >= 4 is 11.9 Å². The second-order valence-electron chi connectivity index (χ2n) is 5.20. The predicted molar refractivity (Wildman–Crippen MR) is 77.9 cm³/mol. The monoisotopic (exact) mass is 291 g/mol. The first-order chi connectivity index (χ1) is 10.1. The van der Waals surface area contributed by atoms with E-state index < -0.39 is 18.1 Å². The Kier molecular flexibility index (Phi) is 4.96. The average molecular weight is 291 g/mol. The number of benzene rings is 1. The molecule has 0 spiro atoms. The van der Waals surface area contributed by atoms with E-state index in [9.17, 15) is 14.7 Å². The number of aliphatic carboxylic acids is 1. The van der Waals surface area contributed by atoms with Crippen LogP contribution in [0.4, 0.5) is 0 Å². The summed E-state index contributed by atoms with van der Waals surface area (Å²) in [5, 5.41) is 9.38. The van der Waals surface area contributed by atoms with Crippen LogP contribution < -0.4 is 0 Å². The number of aryl methyl sites for hydroxylation is 1. The number of carboxylic acids is 1. The Morgan fingerprint density at radius 1 is 1.33 bits per heavy atom. The summed E-state index contributed by atoms with van der Waals surface area (Å²) in [7, 11) is 0. The van der Waals surface area contributed by atoms with Gasteiger partial charge in [-0.25, -0.2) is 4.79 Å². The largest absolute Gasteiger partial charge is 0.479 e. The van der Waals surface area contributed by atoms with Crippen molar-refractivity contribution in [3.63, 3.8) is 0 Å². The standard InChI is InChI=1S/C16H21NO4/c1-3-9-17-13(18)10-21-15(16(19)20)14(17)12-7-5-11(4-2)6-8-12/h5-8,14-15H,3-4,9-10H2,1-2H3,(H,19,20). The zero-order chi connectivity index (χ0) is 15.4. The highest BCUT2D eigenvalue weighted by Gasteiger charge is 2.41. The number of morpholine rings is 1. The Balaban J connectivity index is 2.37. The van der Waals surface area contributed by atoms with Gasteiger partial charge in [-0.05, 0) is 24.0 Å². The Bertz CT molecular complexity index is 512. The lowest BCUT2D eigenvalue weighted by molar-refractivity contribution is -0.173. The first-order valence-corrected chi connectivity index (χ1v) is 7.31. The van der Waals surface area contributed by atoms with E-state index in [0.717, 1.165) is 18.4 Å². The third kappa shape index (κ3) is 3.24. The minimum atomic E-state index is -1.03. The molecule has 2 unspecified atom stereocenters. The molecule has 2 atom stereocenters. The molecule has 1 aliphatic heterocycles. The molecule has 1 N–H and O–H groups in total. The van der Waals surface area contributed by atoms with Crippen molar-refractivity contribution in [2.24, 2.45) is 0 Å². The van der Waals surface area contributed by atoms with Gasteiger partial charge in [-0.1, -0.05) is 38.1 Å². The number of rotatable bonds is 5. The molecular weight excluding hydrogens is 270 g/mol. The maximum absolute atomic E-state index is 12.1. The average Bonchev–Trinajstić information content (AvgIpc) is 2.49. The molecule has 1 aromatic rings. The van der Waals surface area contributed by atoms with E-state index in [-0.39, 0.29) is 12.5 Å². The Labute approximate surface area is 124 Å². The molecule has 1 heterocycles. The summed E-state index contributed by atoms with van der Waals surface area (Å²) in [6, 6.07) is 7.16. The van der Waals surface area contributed by atoms with Crippen LogP contribution in [0.3, 0.4) is 0 Å². The Hall–Kier alpha value is -1.88. The van der Waals surface area contributed by atoms with Crippen molar-refractivity contribution in [1.29, 1.82) is 0 Å². The number of ether oxygens (including phenoxy) is 1. The van der Waals surface area contributed by atoms with Crippen LogP contribution in [0.1, 0.15) is 37.4 Å². The molecule has 114 valence electrons. The van der Waals surface area contributed by atoms with Crippen molar-refractivity contribution in [2.45, 2.75) is 38.8 Å². The molecule has 1 aliphatic rings. The molecule has 2 rings (SSSR count). The van der Waals surface area contributed by atoms with Gasteiger partial charge in [0.25, 0.3) is 0 Å². The SMILES string of the molecule is CCCN1C(=O)COC(C(=O)O)C1c1ccc(CC)cc1. The summed E-state index contributed by atoms with van der Waals surface area (Å²) in [6.07, 6.45) is 0.685. The highest BCUT2D eigenvalue weighted by molar-refractivity contribution is 5.83. The number of hydrogen-bond acceptors (Lipinski definition) is 3. The molecule has 5 nitrogen and oxygen atoms in total. The van der Waals surface area contributed by atoms with Crippen molar-refractivity contribution in [2.75, 3.05) is 13.2 Å². The molecular formula is C16H21NO4. The molecule has 1 saturated heterocycles. The van der Waals surface area contributed by atoms with Crippen molar-refractivity contribution in [3.05, 3.63) is 35.4 Å². The molecule has 1 fully saturated rings. The maximum atomic E-state index is 12.1. The van der Waals surface area contributed by atoms with Crippen LogP contribution in [0, 0.1) is 0 Å². The van der Waals surface area contributed by atoms with Gasteiger partial charge in [0.15, 0.2) is 6.10 Å². The molecule has 0 bridgehead atoms. The maximum Gasteiger partial charge on any atom is 0.335 e. The van der Waals surface area contributed by atoms with Crippen LogP contribution in [-0.2, 0) is 20.7 Å². The topological polar surface area (TPSA) is 66.8 Å². The summed E-state index contributed by atoms with van der Waals surface area (Å²) in [5.41, 5.74) is 1.98. The molecule has 21 heavy (non-hydrogen) atoms. The van der Waals surface area contributed by atoms with E-state index in [2.05, 4.69) is 6.92 Å². The second kappa shape index (κ2) is 6.72. The minimum Gasteiger partial charge on any atom is -0.479 e. The van der Waals surface area contributed by atoms with Gasteiger partial charge in [0.1, 0.15) is 6.61 Å². The lowest BCUT2D eigenvalue weighted by Crippen LogP contribution is -2.52. The zero-order valence-electron chi connectivity index (χ0n) is 12.4. The number of carboxylic acid groups (broad SMARTS) is 1. The summed E-state index contributed by atoms with van der Waals surface area (Å²) in [4.78, 5) is 25.2. The van der Waals surface area contributed by atoms with Crippen LogP contribution >= 0.6 is 0 Å². The number of amides is 1. The lowest BCUT2D eigenvalue weighted by atomic mass is 9.96. The van der Waals surface area contributed by atoms with Gasteiger partial charge in [-0.15, -0.1) is 0 Å². The molecule has 1 amide bonds. The van der Waals surface area contributed by atoms with Gasteiger partial charge in [0, 0.05) is 6.54 Å². The fourth-order valence-electron chi connectivity index (χ4n) is 2.67. The highest BCUT2D eigenvalue weighted by atomic mass is 16.5. The van der Waals surface area contributed by atoms with Crippen LogP contribution in [-0.4, -0.2) is 41.1 Å². The number of hydrogen-bond donors (Lipinski definition) is 1. The van der Waals surface area contributed by atoms with Crippen LogP contribution in [0.25, 0.3) is 0 Å². The van der Waals surface area contributed by atoms with Crippen LogP contribution in [0.2, 0.25) is 0 Å². The normalized spacial score (nSPS) is 22.4. The fourth-order valence-corrected chi connectivity index (χ4v) is 2.67. The number of nitrogens with zero attached hydrogens (tertiary/aromatic N) is 1. The summed E-state index contributed by atoms with van der Waals surface area (Å²) < 4.78 is 5.26. The number of carbonyl (C=O) groups is 2. The Morgan fingerprint density at radius 2 is 2.00 bits per heavy atom. The molecule has 0 aromatic heterocycles. The molecule has 0 aliphatic carbocycles. The summed E-state index contributed by atoms with van der Waals surface area (Å²) in [5.74, 6) is -1.19. The van der Waals surface area contributed by atoms with E-state index in [1.54, 1.807) is 4.90 Å². The molecule has 5 heteroatoms. The third-order valence-electron chi connectivity index (χ3n) is 3.77. The zero-order valence-corrected chi connectivity index (χ0v) is 12.4. The first-order valence-electron chi connectivity index (χ1n) is 7.31. The first kappa shape index (κ1) is 15.5. The van der Waals surface area contributed by atoms with E-state index in [1.807, 2.05) is 31.2 Å². The van der Waals surface area contributed by atoms with E-state index in [0.29, 0.717) is 6.54 Å². The van der Waals surface area contributed by atoms with E-state index in [1.165, 1.54) is 5.56 Å². The van der Waals surface area contributed by atoms with Crippen molar-refractivity contribution in [1.82, 2.24) is 4.90 Å². The molecule has 0 saturated carbocycles. The third-order valence-corrected chi connectivity index (χ3v) is 3.77. The van der Waals surface area contributed by atoms with Gasteiger partial charge >= 0.3 is 5.97 Å². The van der Waals surface area contributed by atoms with Gasteiger partial charge in [0.05, 0.1) is 6.04 Å². The van der Waals surface area contributed by atoms with Gasteiger partial charge in [0.2, 0.25) is 5.91 Å². The summed E-state index contributed by atoms with van der Waals surface area (Å²) in [6.45, 7) is 4.40. The Morgan fingerprint density at radius 3 is 2.52 bits per heavy atom. The summed E-state index contributed by atoms with van der Waals surface area (Å²) >= 11 is 0. The minimum absolute atomic E-state index is 0.154. The smallest absolute Gasteiger partial charge is 0.335 e. The van der Waals surface area contributed by atoms with Crippen molar-refractivity contribution < 1.29 is 19.4 Å². The van der Waals surface area contributed by atoms with Gasteiger partial charge in [-0.3, -0.25) is 4.79 Å². The predicted octanol–water partition coefficient (Wildman–Crippen LogP) is 2.01. The van der Waals surface area contributed by atoms with Gasteiger partial charge < -0.3 is 14.7 Å². The molecule has 1 aromatic carbocycles. The lowest BCUT2D eigenvalue weighted by Gasteiger charge is -2.39. The van der Waals surface area contributed by atoms with Gasteiger partial charge in [-0.2, -0.15) is 0 Å². The van der Waals surface area contributed by atoms with E-state index >= 15 is 0 Å². The molecule has 0 radical (unpaired) electrons. The second-order valence-corrected chi connectivity index (χ2v) is 5.20. The van der Waals surface area contributed by atoms with Crippen LogP contribution in [0.15, 0.2) is 24.3 Å². The van der Waals surface area contributed by atoms with E-state index in [4.69, 9.17) is 4.74 Å². The quantitative estimate of drug-likeness (QED) is 0.901.